The van der Waals surface area contributed by atoms with Crippen molar-refractivity contribution in [3.8, 4) is 0 Å². The zero-order chi connectivity index (χ0) is 19.5. The normalized spacial score (nSPS) is 15.1. The lowest BCUT2D eigenvalue weighted by Gasteiger charge is -2.33. The van der Waals surface area contributed by atoms with Gasteiger partial charge in [0.2, 0.25) is 5.91 Å². The molecule has 1 aliphatic rings. The van der Waals surface area contributed by atoms with E-state index >= 15 is 0 Å². The van der Waals surface area contributed by atoms with Crippen LogP contribution in [-0.2, 0) is 17.8 Å². The molecular formula is C21H26N6O. The quantitative estimate of drug-likeness (QED) is 0.683. The lowest BCUT2D eigenvalue weighted by Crippen LogP contribution is -2.41. The number of nitrogens with zero attached hydrogens (tertiary/aromatic N) is 6. The van der Waals surface area contributed by atoms with Crippen LogP contribution < -0.4 is 4.90 Å². The fourth-order valence-electron chi connectivity index (χ4n) is 3.79. The molecule has 28 heavy (non-hydrogen) atoms. The van der Waals surface area contributed by atoms with Gasteiger partial charge in [0.15, 0.2) is 5.65 Å². The Morgan fingerprint density at radius 2 is 1.82 bits per heavy atom. The highest BCUT2D eigenvalue weighted by Gasteiger charge is 2.28. The summed E-state index contributed by atoms with van der Waals surface area (Å²) >= 11 is 0. The fraction of sp³-hybridized carbons (Fsp3) is 0.429. The molecule has 1 aliphatic heterocycles. The van der Waals surface area contributed by atoms with Gasteiger partial charge in [0.05, 0.1) is 0 Å². The SMILES string of the molecule is CCc1ccc(CN(C)C(=O)C2CCN(c3ccc4nncn4n3)CC2)cc1. The molecule has 0 unspecified atom stereocenters. The number of hydrogen-bond donors (Lipinski definition) is 0. The minimum atomic E-state index is 0.0785. The van der Waals surface area contributed by atoms with E-state index in [2.05, 4.69) is 51.4 Å². The molecule has 0 radical (unpaired) electrons. The second-order valence-electron chi connectivity index (χ2n) is 7.45. The van der Waals surface area contributed by atoms with Gasteiger partial charge in [-0.05, 0) is 42.5 Å². The van der Waals surface area contributed by atoms with Crippen LogP contribution in [0.5, 0.6) is 0 Å². The van der Waals surface area contributed by atoms with Crippen LogP contribution in [0.2, 0.25) is 0 Å². The highest BCUT2D eigenvalue weighted by atomic mass is 16.2. The number of fused-ring (bicyclic) bond motifs is 1. The van der Waals surface area contributed by atoms with Gasteiger partial charge in [-0.15, -0.1) is 15.3 Å². The van der Waals surface area contributed by atoms with Crippen molar-refractivity contribution in [1.82, 2.24) is 24.7 Å². The van der Waals surface area contributed by atoms with Crippen LogP contribution in [0.4, 0.5) is 5.82 Å². The van der Waals surface area contributed by atoms with Gasteiger partial charge in [0.25, 0.3) is 0 Å². The summed E-state index contributed by atoms with van der Waals surface area (Å²) in [5, 5.41) is 12.4. The lowest BCUT2D eigenvalue weighted by atomic mass is 9.95. The lowest BCUT2D eigenvalue weighted by molar-refractivity contribution is -0.135. The molecule has 0 atom stereocenters. The molecule has 146 valence electrons. The minimum Gasteiger partial charge on any atom is -0.355 e. The van der Waals surface area contributed by atoms with Crippen LogP contribution in [0, 0.1) is 5.92 Å². The molecule has 0 spiro atoms. The van der Waals surface area contributed by atoms with Crippen LogP contribution in [0.15, 0.2) is 42.7 Å². The summed E-state index contributed by atoms with van der Waals surface area (Å²) in [4.78, 5) is 17.0. The topological polar surface area (TPSA) is 66.6 Å². The maximum absolute atomic E-state index is 12.9. The molecular weight excluding hydrogens is 352 g/mol. The average molecular weight is 378 g/mol. The van der Waals surface area contributed by atoms with Crippen molar-refractivity contribution in [2.24, 2.45) is 5.92 Å². The third-order valence-electron chi connectivity index (χ3n) is 5.54. The van der Waals surface area contributed by atoms with Crippen molar-refractivity contribution in [1.29, 1.82) is 0 Å². The zero-order valence-electron chi connectivity index (χ0n) is 16.5. The minimum absolute atomic E-state index is 0.0785. The highest BCUT2D eigenvalue weighted by molar-refractivity contribution is 5.79. The van der Waals surface area contributed by atoms with Gasteiger partial charge in [0.1, 0.15) is 12.1 Å². The Kier molecular flexibility index (Phi) is 5.23. The molecule has 0 bridgehead atoms. The average Bonchev–Trinajstić information content (AvgIpc) is 3.22. The first kappa shape index (κ1) is 18.4. The van der Waals surface area contributed by atoms with E-state index in [0.29, 0.717) is 6.54 Å². The van der Waals surface area contributed by atoms with Gasteiger partial charge in [-0.3, -0.25) is 4.79 Å². The van der Waals surface area contributed by atoms with Crippen LogP contribution in [0.25, 0.3) is 5.65 Å². The molecule has 0 aliphatic carbocycles. The number of carbonyl (C=O) groups is 1. The molecule has 1 fully saturated rings. The van der Waals surface area contributed by atoms with Gasteiger partial charge >= 0.3 is 0 Å². The Bertz CT molecular complexity index is 943. The van der Waals surface area contributed by atoms with E-state index in [1.165, 1.54) is 11.1 Å². The molecule has 7 nitrogen and oxygen atoms in total. The molecule has 1 saturated heterocycles. The number of amides is 1. The largest absolute Gasteiger partial charge is 0.355 e. The summed E-state index contributed by atoms with van der Waals surface area (Å²) in [5.41, 5.74) is 3.24. The van der Waals surface area contributed by atoms with Crippen molar-refractivity contribution < 1.29 is 4.79 Å². The fourth-order valence-corrected chi connectivity index (χ4v) is 3.79. The number of aromatic nitrogens is 4. The second-order valence-corrected chi connectivity index (χ2v) is 7.45. The van der Waals surface area contributed by atoms with Gasteiger partial charge in [0, 0.05) is 32.6 Å². The summed E-state index contributed by atoms with van der Waals surface area (Å²) < 4.78 is 1.68. The summed E-state index contributed by atoms with van der Waals surface area (Å²) in [5.74, 6) is 1.22. The van der Waals surface area contributed by atoms with E-state index in [4.69, 9.17) is 0 Å². The van der Waals surface area contributed by atoms with Crippen LogP contribution >= 0.6 is 0 Å². The van der Waals surface area contributed by atoms with E-state index in [9.17, 15) is 4.79 Å². The molecule has 4 rings (SSSR count). The Morgan fingerprint density at radius 1 is 1.11 bits per heavy atom. The zero-order valence-corrected chi connectivity index (χ0v) is 16.5. The van der Waals surface area contributed by atoms with Crippen LogP contribution in [-0.4, -0.2) is 50.8 Å². The highest BCUT2D eigenvalue weighted by Crippen LogP contribution is 2.24. The van der Waals surface area contributed by atoms with Gasteiger partial charge in [-0.1, -0.05) is 31.2 Å². The van der Waals surface area contributed by atoms with Crippen LogP contribution in [0.3, 0.4) is 0 Å². The smallest absolute Gasteiger partial charge is 0.225 e. The van der Waals surface area contributed by atoms with Gasteiger partial charge in [-0.25, -0.2) is 0 Å². The summed E-state index contributed by atoms with van der Waals surface area (Å²) in [6.07, 6.45) is 4.34. The van der Waals surface area contributed by atoms with Gasteiger partial charge < -0.3 is 9.80 Å². The molecule has 3 aromatic rings. The molecule has 3 heterocycles. The van der Waals surface area contributed by atoms with E-state index < -0.39 is 0 Å². The third-order valence-corrected chi connectivity index (χ3v) is 5.54. The summed E-state index contributed by atoms with van der Waals surface area (Å²) in [6, 6.07) is 12.4. The van der Waals surface area contributed by atoms with Crippen LogP contribution in [0.1, 0.15) is 30.9 Å². The first-order valence-corrected chi connectivity index (χ1v) is 9.89. The predicted molar refractivity (Wildman–Crippen MR) is 108 cm³/mol. The van der Waals surface area contributed by atoms with Gasteiger partial charge in [-0.2, -0.15) is 4.52 Å². The molecule has 2 aromatic heterocycles. The molecule has 7 heteroatoms. The van der Waals surface area contributed by atoms with E-state index in [1.807, 2.05) is 24.1 Å². The number of carbonyl (C=O) groups excluding carboxylic acids is 1. The van der Waals surface area contributed by atoms with E-state index in [1.54, 1.807) is 10.8 Å². The first-order chi connectivity index (χ1) is 13.6. The number of piperidine rings is 1. The van der Waals surface area contributed by atoms with Crippen molar-refractivity contribution in [2.45, 2.75) is 32.7 Å². The summed E-state index contributed by atoms with van der Waals surface area (Å²) in [6.45, 7) is 4.47. The number of benzene rings is 1. The second kappa shape index (κ2) is 7.96. The Balaban J connectivity index is 1.33. The Hall–Kier alpha value is -2.96. The van der Waals surface area contributed by atoms with Crippen molar-refractivity contribution in [2.75, 3.05) is 25.0 Å². The monoisotopic (exact) mass is 378 g/mol. The van der Waals surface area contributed by atoms with Crippen molar-refractivity contribution in [3.05, 3.63) is 53.9 Å². The predicted octanol–water partition coefficient (Wildman–Crippen LogP) is 2.56. The number of anilines is 1. The van der Waals surface area contributed by atoms with Crippen molar-refractivity contribution in [3.63, 3.8) is 0 Å². The number of hydrogen-bond acceptors (Lipinski definition) is 5. The van der Waals surface area contributed by atoms with E-state index in [-0.39, 0.29) is 11.8 Å². The standard InChI is InChI=1S/C21H26N6O/c1-3-16-4-6-17(7-5-16)14-25(2)21(28)18-10-12-26(13-11-18)20-9-8-19-23-22-15-27(19)24-20/h4-9,15,18H,3,10-14H2,1-2H3. The molecule has 0 saturated carbocycles. The molecule has 1 aromatic carbocycles. The molecule has 1 amide bonds. The van der Waals surface area contributed by atoms with E-state index in [0.717, 1.165) is 43.8 Å². The maximum Gasteiger partial charge on any atom is 0.225 e. The Labute approximate surface area is 165 Å². The third kappa shape index (κ3) is 3.83. The number of aryl methyl sites for hydroxylation is 1. The number of rotatable bonds is 5. The van der Waals surface area contributed by atoms with Crippen molar-refractivity contribution >= 4 is 17.4 Å². The summed E-state index contributed by atoms with van der Waals surface area (Å²) in [7, 11) is 1.91. The maximum atomic E-state index is 12.9. The molecule has 0 N–H and O–H groups in total. The Morgan fingerprint density at radius 3 is 2.54 bits per heavy atom. The first-order valence-electron chi connectivity index (χ1n) is 9.89.